The third-order valence-corrected chi connectivity index (χ3v) is 6.38. The quantitative estimate of drug-likeness (QED) is 0.537. The Morgan fingerprint density at radius 1 is 1.11 bits per heavy atom. The molecule has 0 saturated heterocycles. The fourth-order valence-corrected chi connectivity index (χ4v) is 4.98. The molecule has 3 nitrogen and oxygen atoms in total. The molecule has 0 aliphatic carbocycles. The molecule has 0 radical (unpaired) electrons. The number of aryl methyl sites for hydroxylation is 1. The number of thiophene rings is 1. The van der Waals surface area contributed by atoms with Crippen LogP contribution in [0.1, 0.15) is 23.3 Å². The summed E-state index contributed by atoms with van der Waals surface area (Å²) < 4.78 is 0. The van der Waals surface area contributed by atoms with Gasteiger partial charge in [-0.15, -0.1) is 47.5 Å². The van der Waals surface area contributed by atoms with Gasteiger partial charge in [-0.1, -0.05) is 42.5 Å². The van der Waals surface area contributed by atoms with Crippen LogP contribution in [-0.4, -0.2) is 17.6 Å². The number of nitrogens with zero attached hydrogens (tertiary/aromatic N) is 1. The van der Waals surface area contributed by atoms with Gasteiger partial charge >= 0.3 is 0 Å². The number of thiazole rings is 1. The second-order valence-electron chi connectivity index (χ2n) is 6.24. The molecule has 1 aromatic carbocycles. The Labute approximate surface area is 180 Å². The van der Waals surface area contributed by atoms with Gasteiger partial charge in [-0.05, 0) is 41.8 Å². The van der Waals surface area contributed by atoms with Gasteiger partial charge in [0.2, 0.25) is 0 Å². The van der Waals surface area contributed by atoms with Crippen molar-refractivity contribution in [3.8, 4) is 10.6 Å². The highest BCUT2D eigenvalue weighted by molar-refractivity contribution is 7.17. The third-order valence-electron chi connectivity index (χ3n) is 4.55. The maximum absolute atomic E-state index is 5.98. The zero-order chi connectivity index (χ0) is 17.1. The number of benzene rings is 1. The highest BCUT2D eigenvalue weighted by Crippen LogP contribution is 2.34. The lowest BCUT2D eigenvalue weighted by atomic mass is 9.93. The van der Waals surface area contributed by atoms with E-state index in [0.29, 0.717) is 11.2 Å². The van der Waals surface area contributed by atoms with E-state index >= 15 is 0 Å². The standard InChI is InChI=1S/C20H21N3S2.2ClH/c21-20-23-19(17-7-4-12-24-17)18(25-20)9-8-16-13-15(10-11-22-16)14-5-2-1-3-6-14;;/h1-7,10,12,16,22H,8-9,11,13H2,(H2,21,23);2*1H. The lowest BCUT2D eigenvalue weighted by molar-refractivity contribution is 0.503. The Kier molecular flexibility index (Phi) is 8.32. The molecule has 0 bridgehead atoms. The molecule has 1 atom stereocenters. The zero-order valence-electron chi connectivity index (χ0n) is 14.8. The summed E-state index contributed by atoms with van der Waals surface area (Å²) in [6.45, 7) is 0.942. The van der Waals surface area contributed by atoms with Crippen molar-refractivity contribution in [3.05, 3.63) is 64.4 Å². The first-order chi connectivity index (χ1) is 12.3. The molecule has 1 unspecified atom stereocenters. The minimum absolute atomic E-state index is 0. The summed E-state index contributed by atoms with van der Waals surface area (Å²) in [6.07, 6.45) is 5.51. The molecule has 144 valence electrons. The van der Waals surface area contributed by atoms with Crippen LogP contribution in [0.25, 0.3) is 16.1 Å². The minimum Gasteiger partial charge on any atom is -0.375 e. The Morgan fingerprint density at radius 3 is 2.67 bits per heavy atom. The third kappa shape index (κ3) is 5.33. The van der Waals surface area contributed by atoms with E-state index < -0.39 is 0 Å². The lowest BCUT2D eigenvalue weighted by Crippen LogP contribution is -2.33. The van der Waals surface area contributed by atoms with Crippen molar-refractivity contribution in [2.45, 2.75) is 25.3 Å². The fourth-order valence-electron chi connectivity index (χ4n) is 3.31. The first-order valence-corrected chi connectivity index (χ1v) is 10.3. The highest BCUT2D eigenvalue weighted by Gasteiger charge is 2.18. The van der Waals surface area contributed by atoms with Gasteiger partial charge in [-0.3, -0.25) is 0 Å². The summed E-state index contributed by atoms with van der Waals surface area (Å²) in [5.41, 5.74) is 9.85. The first-order valence-electron chi connectivity index (χ1n) is 8.56. The molecule has 0 amide bonds. The number of anilines is 1. The molecule has 0 spiro atoms. The molecular weight excluding hydrogens is 417 g/mol. The molecule has 3 aromatic rings. The van der Waals surface area contributed by atoms with Crippen molar-refractivity contribution in [1.29, 1.82) is 0 Å². The second-order valence-corrected chi connectivity index (χ2v) is 8.31. The molecule has 2 aromatic heterocycles. The van der Waals surface area contributed by atoms with Gasteiger partial charge in [-0.2, -0.15) is 0 Å². The molecular formula is C20H23Cl2N3S2. The SMILES string of the molecule is Cl.Cl.Nc1nc(-c2cccs2)c(CCC2CC(c3ccccc3)=CCN2)s1. The van der Waals surface area contributed by atoms with Gasteiger partial charge in [0.25, 0.3) is 0 Å². The number of nitrogens with two attached hydrogens (primary N) is 1. The van der Waals surface area contributed by atoms with Crippen LogP contribution in [0, 0.1) is 0 Å². The summed E-state index contributed by atoms with van der Waals surface area (Å²) in [6, 6.07) is 15.4. The minimum atomic E-state index is 0. The maximum Gasteiger partial charge on any atom is 0.180 e. The molecule has 3 N–H and O–H groups in total. The van der Waals surface area contributed by atoms with Crippen LogP contribution in [0.3, 0.4) is 0 Å². The maximum atomic E-state index is 5.98. The molecule has 27 heavy (non-hydrogen) atoms. The first kappa shape index (κ1) is 21.9. The average molecular weight is 440 g/mol. The Hall–Kier alpha value is -1.37. The van der Waals surface area contributed by atoms with Crippen molar-refractivity contribution in [1.82, 2.24) is 10.3 Å². The Balaban J connectivity index is 0.00000131. The normalized spacial score (nSPS) is 16.1. The van der Waals surface area contributed by atoms with E-state index in [1.54, 1.807) is 22.7 Å². The van der Waals surface area contributed by atoms with Crippen molar-refractivity contribution in [3.63, 3.8) is 0 Å². The van der Waals surface area contributed by atoms with E-state index in [1.807, 2.05) is 0 Å². The Morgan fingerprint density at radius 2 is 1.93 bits per heavy atom. The number of hydrogen-bond donors (Lipinski definition) is 2. The van der Waals surface area contributed by atoms with Crippen molar-refractivity contribution in [2.75, 3.05) is 12.3 Å². The number of aromatic nitrogens is 1. The van der Waals surface area contributed by atoms with Gasteiger partial charge in [0.1, 0.15) is 0 Å². The van der Waals surface area contributed by atoms with Crippen LogP contribution < -0.4 is 11.1 Å². The molecule has 3 heterocycles. The average Bonchev–Trinajstić information content (AvgIpc) is 3.30. The summed E-state index contributed by atoms with van der Waals surface area (Å²) in [5.74, 6) is 0. The van der Waals surface area contributed by atoms with E-state index in [1.165, 1.54) is 20.9 Å². The van der Waals surface area contributed by atoms with Crippen LogP contribution in [0.5, 0.6) is 0 Å². The molecule has 4 rings (SSSR count). The summed E-state index contributed by atoms with van der Waals surface area (Å²) in [4.78, 5) is 7.07. The molecule has 0 fully saturated rings. The number of hydrogen-bond acceptors (Lipinski definition) is 5. The van der Waals surface area contributed by atoms with Gasteiger partial charge in [0, 0.05) is 17.5 Å². The van der Waals surface area contributed by atoms with Crippen LogP contribution in [0.15, 0.2) is 53.9 Å². The number of halogens is 2. The summed E-state index contributed by atoms with van der Waals surface area (Å²) in [5, 5.41) is 6.39. The fraction of sp³-hybridized carbons (Fsp3) is 0.250. The lowest BCUT2D eigenvalue weighted by Gasteiger charge is -2.24. The largest absolute Gasteiger partial charge is 0.375 e. The number of rotatable bonds is 5. The molecule has 7 heteroatoms. The zero-order valence-corrected chi connectivity index (χ0v) is 18.0. The van der Waals surface area contributed by atoms with Crippen LogP contribution >= 0.6 is 47.5 Å². The number of nitrogen functional groups attached to an aromatic ring is 1. The van der Waals surface area contributed by atoms with Gasteiger partial charge in [0.15, 0.2) is 5.13 Å². The molecule has 1 aliphatic heterocycles. The van der Waals surface area contributed by atoms with Crippen LogP contribution in [-0.2, 0) is 6.42 Å². The highest BCUT2D eigenvalue weighted by atomic mass is 35.5. The molecule has 1 aliphatic rings. The number of nitrogens with one attached hydrogen (secondary N) is 1. The van der Waals surface area contributed by atoms with Crippen molar-refractivity contribution >= 4 is 58.2 Å². The molecule has 0 saturated carbocycles. The topological polar surface area (TPSA) is 50.9 Å². The predicted molar refractivity (Wildman–Crippen MR) is 123 cm³/mol. The van der Waals surface area contributed by atoms with Crippen molar-refractivity contribution in [2.24, 2.45) is 0 Å². The van der Waals surface area contributed by atoms with Crippen LogP contribution in [0.4, 0.5) is 5.13 Å². The summed E-state index contributed by atoms with van der Waals surface area (Å²) >= 11 is 3.36. The van der Waals surface area contributed by atoms with E-state index in [-0.39, 0.29) is 24.8 Å². The van der Waals surface area contributed by atoms with E-state index in [0.717, 1.165) is 31.5 Å². The summed E-state index contributed by atoms with van der Waals surface area (Å²) in [7, 11) is 0. The second kappa shape index (κ2) is 10.2. The van der Waals surface area contributed by atoms with Gasteiger partial charge < -0.3 is 11.1 Å². The monoisotopic (exact) mass is 439 g/mol. The van der Waals surface area contributed by atoms with E-state index in [2.05, 4.69) is 64.2 Å². The van der Waals surface area contributed by atoms with Gasteiger partial charge in [-0.25, -0.2) is 4.98 Å². The van der Waals surface area contributed by atoms with Crippen molar-refractivity contribution < 1.29 is 0 Å². The smallest absolute Gasteiger partial charge is 0.180 e. The van der Waals surface area contributed by atoms with Crippen LogP contribution in [0.2, 0.25) is 0 Å². The van der Waals surface area contributed by atoms with E-state index in [9.17, 15) is 0 Å². The van der Waals surface area contributed by atoms with Gasteiger partial charge in [0.05, 0.1) is 10.6 Å². The predicted octanol–water partition coefficient (Wildman–Crippen LogP) is 5.68. The Bertz CT molecular complexity index is 861. The van der Waals surface area contributed by atoms with E-state index in [4.69, 9.17) is 5.73 Å².